The largest absolute Gasteiger partial charge is 1.00 e. The van der Waals surface area contributed by atoms with Gasteiger partial charge < -0.3 is 45.9 Å². The summed E-state index contributed by atoms with van der Waals surface area (Å²) in [5.74, 6) is 1.48. The maximum Gasteiger partial charge on any atom is 0.254 e. The summed E-state index contributed by atoms with van der Waals surface area (Å²) in [5.41, 5.74) is 0.525. The van der Waals surface area contributed by atoms with Gasteiger partial charge in [0, 0.05) is 18.7 Å². The first kappa shape index (κ1) is 22.5. The number of hydrogen-bond donors (Lipinski definition) is 1. The van der Waals surface area contributed by atoms with Crippen LogP contribution >= 0.6 is 0 Å². The zero-order chi connectivity index (χ0) is 19.1. The second-order valence-electron chi connectivity index (χ2n) is 6.58. The standard InChI is InChI=1S/C19H28N2O6.ClH/c1-23-16-13-15(19(22)21-6-10-26-11-7-21)14-17(24-2)18(16)27-12-5-20-3-8-25-9-4-20;/h13-14H,3-12H2,1-2H3;1H. The van der Waals surface area contributed by atoms with Crippen LogP contribution in [0.1, 0.15) is 10.4 Å². The average Bonchev–Trinajstić information content (AvgIpc) is 2.74. The Morgan fingerprint density at radius 2 is 1.61 bits per heavy atom. The van der Waals surface area contributed by atoms with E-state index in [-0.39, 0.29) is 18.3 Å². The molecule has 1 amide bonds. The summed E-state index contributed by atoms with van der Waals surface area (Å²) in [7, 11) is 3.13. The van der Waals surface area contributed by atoms with Crippen molar-refractivity contribution in [3.8, 4) is 17.2 Å². The molecule has 0 spiro atoms. The van der Waals surface area contributed by atoms with Gasteiger partial charge in [-0.2, -0.15) is 0 Å². The van der Waals surface area contributed by atoms with Crippen LogP contribution in [0.15, 0.2) is 12.1 Å². The van der Waals surface area contributed by atoms with Gasteiger partial charge in [-0.3, -0.25) is 4.79 Å². The quantitative estimate of drug-likeness (QED) is 0.497. The molecule has 2 fully saturated rings. The molecule has 1 N–H and O–H groups in total. The fourth-order valence-electron chi connectivity index (χ4n) is 3.30. The van der Waals surface area contributed by atoms with Crippen molar-refractivity contribution in [2.45, 2.75) is 0 Å². The molecule has 0 aromatic heterocycles. The number of morpholine rings is 2. The first-order chi connectivity index (χ1) is 13.2. The summed E-state index contributed by atoms with van der Waals surface area (Å²) in [5, 5.41) is 0. The minimum atomic E-state index is -0.0563. The molecule has 1 aromatic carbocycles. The molecular weight excluding hydrogens is 388 g/mol. The summed E-state index contributed by atoms with van der Waals surface area (Å²) in [6.45, 7) is 7.28. The monoisotopic (exact) mass is 416 g/mol. The molecule has 0 radical (unpaired) electrons. The minimum absolute atomic E-state index is 0. The molecule has 9 heteroatoms. The lowest BCUT2D eigenvalue weighted by atomic mass is 10.1. The molecule has 2 aliphatic rings. The van der Waals surface area contributed by atoms with Crippen molar-refractivity contribution >= 4 is 5.91 Å². The molecule has 2 heterocycles. The van der Waals surface area contributed by atoms with E-state index >= 15 is 0 Å². The van der Waals surface area contributed by atoms with E-state index < -0.39 is 0 Å². The van der Waals surface area contributed by atoms with E-state index in [4.69, 9.17) is 23.7 Å². The molecule has 8 nitrogen and oxygen atoms in total. The van der Waals surface area contributed by atoms with Gasteiger partial charge in [0.05, 0.1) is 40.6 Å². The fraction of sp³-hybridized carbons (Fsp3) is 0.632. The van der Waals surface area contributed by atoms with Gasteiger partial charge in [0.15, 0.2) is 11.5 Å². The third kappa shape index (κ3) is 5.64. The minimum Gasteiger partial charge on any atom is -1.00 e. The lowest BCUT2D eigenvalue weighted by Gasteiger charge is -2.27. The van der Waals surface area contributed by atoms with Gasteiger partial charge in [-0.15, -0.1) is 0 Å². The zero-order valence-electron chi connectivity index (χ0n) is 16.5. The highest BCUT2D eigenvalue weighted by Gasteiger charge is 2.23. The number of ether oxygens (including phenoxy) is 5. The van der Waals surface area contributed by atoms with Crippen LogP contribution in [0.3, 0.4) is 0 Å². The van der Waals surface area contributed by atoms with E-state index in [2.05, 4.69) is 0 Å². The number of rotatable bonds is 7. The lowest BCUT2D eigenvalue weighted by molar-refractivity contribution is -0.908. The second kappa shape index (κ2) is 11.3. The molecule has 0 atom stereocenters. The average molecular weight is 417 g/mol. The number of amides is 1. The molecule has 28 heavy (non-hydrogen) atoms. The molecule has 2 aliphatic heterocycles. The molecule has 0 aliphatic carbocycles. The van der Waals surface area contributed by atoms with Crippen LogP contribution in [0.5, 0.6) is 17.2 Å². The number of carbonyl (C=O) groups is 1. The van der Waals surface area contributed by atoms with E-state index in [1.54, 1.807) is 31.3 Å². The zero-order valence-corrected chi connectivity index (χ0v) is 17.3. The van der Waals surface area contributed by atoms with Crippen LogP contribution in [0.4, 0.5) is 0 Å². The summed E-state index contributed by atoms with van der Waals surface area (Å²) in [6.07, 6.45) is 0. The predicted octanol–water partition coefficient (Wildman–Crippen LogP) is -3.53. The van der Waals surface area contributed by atoms with Crippen molar-refractivity contribution in [2.24, 2.45) is 0 Å². The van der Waals surface area contributed by atoms with Crippen LogP contribution in [-0.4, -0.2) is 90.8 Å². The van der Waals surface area contributed by atoms with Crippen LogP contribution in [-0.2, 0) is 9.47 Å². The number of methoxy groups -OCH3 is 2. The smallest absolute Gasteiger partial charge is 0.254 e. The van der Waals surface area contributed by atoms with Gasteiger partial charge in [0.1, 0.15) is 26.2 Å². The molecular formula is C19H29ClN2O6. The third-order valence-electron chi connectivity index (χ3n) is 4.91. The van der Waals surface area contributed by atoms with E-state index in [0.717, 1.165) is 32.8 Å². The normalized spacial score (nSPS) is 17.6. The number of hydrogen-bond acceptors (Lipinski definition) is 6. The van der Waals surface area contributed by atoms with E-state index in [1.165, 1.54) is 4.90 Å². The van der Waals surface area contributed by atoms with Crippen molar-refractivity contribution in [1.82, 2.24) is 4.90 Å². The number of halogens is 1. The fourth-order valence-corrected chi connectivity index (χ4v) is 3.30. The van der Waals surface area contributed by atoms with Crippen molar-refractivity contribution in [3.63, 3.8) is 0 Å². The Hall–Kier alpha value is -1.74. The Balaban J connectivity index is 0.00000280. The summed E-state index contributed by atoms with van der Waals surface area (Å²) < 4.78 is 27.6. The second-order valence-corrected chi connectivity index (χ2v) is 6.58. The maximum absolute atomic E-state index is 12.8. The van der Waals surface area contributed by atoms with Crippen molar-refractivity contribution < 1.29 is 45.8 Å². The number of benzene rings is 1. The number of carbonyl (C=O) groups excluding carboxylic acids is 1. The molecule has 1 aromatic rings. The van der Waals surface area contributed by atoms with Crippen molar-refractivity contribution in [1.29, 1.82) is 0 Å². The maximum atomic E-state index is 12.8. The van der Waals surface area contributed by atoms with Crippen molar-refractivity contribution in [2.75, 3.05) is 80.0 Å². The van der Waals surface area contributed by atoms with Crippen molar-refractivity contribution in [3.05, 3.63) is 17.7 Å². The molecule has 158 valence electrons. The Morgan fingerprint density at radius 3 is 2.18 bits per heavy atom. The highest BCUT2D eigenvalue weighted by Crippen LogP contribution is 2.38. The topological polar surface area (TPSA) is 70.9 Å². The number of nitrogens with one attached hydrogen (secondary N) is 1. The first-order valence-corrected chi connectivity index (χ1v) is 9.40. The highest BCUT2D eigenvalue weighted by atomic mass is 35.5. The van der Waals surface area contributed by atoms with Gasteiger partial charge in [0.2, 0.25) is 5.75 Å². The molecule has 0 saturated carbocycles. The molecule has 3 rings (SSSR count). The first-order valence-electron chi connectivity index (χ1n) is 9.40. The lowest BCUT2D eigenvalue weighted by Crippen LogP contribution is -3.14. The number of nitrogens with zero attached hydrogens (tertiary/aromatic N) is 1. The van der Waals surface area contributed by atoms with Gasteiger partial charge in [-0.1, -0.05) is 0 Å². The van der Waals surface area contributed by atoms with Gasteiger partial charge >= 0.3 is 0 Å². The Kier molecular flexibility index (Phi) is 9.11. The summed E-state index contributed by atoms with van der Waals surface area (Å²) in [4.78, 5) is 16.0. The highest BCUT2D eigenvalue weighted by molar-refractivity contribution is 5.95. The SMILES string of the molecule is COc1cc(C(=O)N2CCOCC2)cc(OC)c1OCC[NH+]1CCOCC1.[Cl-]. The van der Waals surface area contributed by atoms with Gasteiger partial charge in [0.25, 0.3) is 5.91 Å². The summed E-state index contributed by atoms with van der Waals surface area (Å²) >= 11 is 0. The Labute approximate surface area is 172 Å². The number of quaternary nitrogens is 1. The summed E-state index contributed by atoms with van der Waals surface area (Å²) in [6, 6.07) is 3.44. The predicted molar refractivity (Wildman–Crippen MR) is 98.1 cm³/mol. The van der Waals surface area contributed by atoms with Gasteiger partial charge in [-0.05, 0) is 12.1 Å². The molecule has 2 saturated heterocycles. The molecule has 0 unspecified atom stereocenters. The third-order valence-corrected chi connectivity index (χ3v) is 4.91. The van der Waals surface area contributed by atoms with Crippen LogP contribution in [0.25, 0.3) is 0 Å². The Bertz CT molecular complexity index is 608. The Morgan fingerprint density at radius 1 is 1.04 bits per heavy atom. The van der Waals surface area contributed by atoms with E-state index in [1.807, 2.05) is 0 Å². The van der Waals surface area contributed by atoms with Gasteiger partial charge in [-0.25, -0.2) is 0 Å². The molecule has 0 bridgehead atoms. The van der Waals surface area contributed by atoms with E-state index in [9.17, 15) is 4.79 Å². The van der Waals surface area contributed by atoms with Crippen LogP contribution < -0.4 is 31.5 Å². The van der Waals surface area contributed by atoms with Crippen LogP contribution in [0, 0.1) is 0 Å². The van der Waals surface area contributed by atoms with Crippen LogP contribution in [0.2, 0.25) is 0 Å². The van der Waals surface area contributed by atoms with E-state index in [0.29, 0.717) is 55.7 Å².